The number of carboxylic acids is 1. The molecule has 0 radical (unpaired) electrons. The molecule has 1 unspecified atom stereocenters. The monoisotopic (exact) mass is 291 g/mol. The summed E-state index contributed by atoms with van der Waals surface area (Å²) in [6.07, 6.45) is 2.10. The van der Waals surface area contributed by atoms with Crippen LogP contribution in [-0.2, 0) is 16.0 Å². The van der Waals surface area contributed by atoms with Gasteiger partial charge in [0.05, 0.1) is 12.8 Å². The Morgan fingerprint density at radius 1 is 1.38 bits per heavy atom. The van der Waals surface area contributed by atoms with Crippen molar-refractivity contribution < 1.29 is 19.4 Å². The molecule has 1 atom stereocenters. The van der Waals surface area contributed by atoms with Crippen LogP contribution in [-0.4, -0.2) is 30.6 Å². The van der Waals surface area contributed by atoms with E-state index in [1.165, 1.54) is 0 Å². The second kappa shape index (κ2) is 6.61. The fourth-order valence-electron chi connectivity index (χ4n) is 2.81. The van der Waals surface area contributed by atoms with Crippen LogP contribution < -0.4 is 9.64 Å². The van der Waals surface area contributed by atoms with E-state index in [0.717, 1.165) is 24.1 Å². The maximum absolute atomic E-state index is 12.5. The Kier molecular flexibility index (Phi) is 4.83. The Hall–Kier alpha value is -2.04. The summed E-state index contributed by atoms with van der Waals surface area (Å²) in [5.74, 6) is -0.373. The number of hydrogen-bond acceptors (Lipinski definition) is 3. The number of fused-ring (bicyclic) bond motifs is 1. The van der Waals surface area contributed by atoms with Crippen molar-refractivity contribution >= 4 is 17.6 Å². The molecule has 0 saturated carbocycles. The predicted octanol–water partition coefficient (Wildman–Crippen LogP) is 2.48. The van der Waals surface area contributed by atoms with Gasteiger partial charge in [0.25, 0.3) is 0 Å². The van der Waals surface area contributed by atoms with Crippen LogP contribution in [0, 0.1) is 5.92 Å². The number of benzene rings is 1. The second-order valence-electron chi connectivity index (χ2n) is 5.52. The number of hydrogen-bond donors (Lipinski definition) is 1. The zero-order chi connectivity index (χ0) is 15.4. The number of aryl methyl sites for hydroxylation is 1. The van der Waals surface area contributed by atoms with Gasteiger partial charge in [0.15, 0.2) is 0 Å². The van der Waals surface area contributed by atoms with Crippen molar-refractivity contribution in [1.82, 2.24) is 0 Å². The molecule has 0 saturated heterocycles. The third-order valence-electron chi connectivity index (χ3n) is 3.75. The van der Waals surface area contributed by atoms with Gasteiger partial charge in [0, 0.05) is 19.4 Å². The molecule has 0 aliphatic carbocycles. The smallest absolute Gasteiger partial charge is 0.303 e. The summed E-state index contributed by atoms with van der Waals surface area (Å²) in [6, 6.07) is 5.79. The van der Waals surface area contributed by atoms with Gasteiger partial charge in [-0.25, -0.2) is 0 Å². The average Bonchev–Trinajstić information content (AvgIpc) is 2.44. The fourth-order valence-corrected chi connectivity index (χ4v) is 2.81. The van der Waals surface area contributed by atoms with Crippen LogP contribution in [0.1, 0.15) is 31.7 Å². The highest BCUT2D eigenvalue weighted by Gasteiger charge is 2.27. The zero-order valence-corrected chi connectivity index (χ0v) is 12.5. The molecule has 0 spiro atoms. The second-order valence-corrected chi connectivity index (χ2v) is 5.52. The number of carbonyl (C=O) groups excluding carboxylic acids is 1. The third-order valence-corrected chi connectivity index (χ3v) is 3.75. The first kappa shape index (κ1) is 15.4. The summed E-state index contributed by atoms with van der Waals surface area (Å²) in [5, 5.41) is 8.80. The molecule has 1 aromatic carbocycles. The van der Waals surface area contributed by atoms with E-state index < -0.39 is 5.97 Å². The molecule has 0 fully saturated rings. The first-order valence-electron chi connectivity index (χ1n) is 7.21. The van der Waals surface area contributed by atoms with Crippen molar-refractivity contribution in [2.75, 3.05) is 18.6 Å². The van der Waals surface area contributed by atoms with Crippen molar-refractivity contribution in [3.05, 3.63) is 23.8 Å². The van der Waals surface area contributed by atoms with Crippen molar-refractivity contribution in [2.24, 2.45) is 5.92 Å². The molecule has 5 heteroatoms. The van der Waals surface area contributed by atoms with E-state index in [4.69, 9.17) is 9.84 Å². The van der Waals surface area contributed by atoms with Crippen LogP contribution in [0.25, 0.3) is 0 Å². The van der Waals surface area contributed by atoms with Crippen molar-refractivity contribution in [2.45, 2.75) is 32.6 Å². The van der Waals surface area contributed by atoms with Crippen LogP contribution >= 0.6 is 0 Å². The summed E-state index contributed by atoms with van der Waals surface area (Å²) in [4.78, 5) is 25.0. The molecule has 1 aliphatic heterocycles. The van der Waals surface area contributed by atoms with Gasteiger partial charge in [-0.3, -0.25) is 9.59 Å². The summed E-state index contributed by atoms with van der Waals surface area (Å²) in [6.45, 7) is 2.45. The lowest BCUT2D eigenvalue weighted by atomic mass is 9.98. The van der Waals surface area contributed by atoms with Crippen LogP contribution in [0.3, 0.4) is 0 Å². The predicted molar refractivity (Wildman–Crippen MR) is 79.7 cm³/mol. The van der Waals surface area contributed by atoms with E-state index in [1.807, 2.05) is 18.2 Å². The Labute approximate surface area is 124 Å². The number of carboxylic acid groups (broad SMARTS) is 1. The summed E-state index contributed by atoms with van der Waals surface area (Å²) in [7, 11) is 1.60. The highest BCUT2D eigenvalue weighted by atomic mass is 16.5. The van der Waals surface area contributed by atoms with Gasteiger partial charge in [-0.15, -0.1) is 0 Å². The topological polar surface area (TPSA) is 66.8 Å². The fraction of sp³-hybridized carbons (Fsp3) is 0.500. The van der Waals surface area contributed by atoms with E-state index in [-0.39, 0.29) is 24.7 Å². The molecule has 0 bridgehead atoms. The van der Waals surface area contributed by atoms with E-state index in [0.29, 0.717) is 12.3 Å². The van der Waals surface area contributed by atoms with Crippen LogP contribution in [0.15, 0.2) is 18.2 Å². The average molecular weight is 291 g/mol. The van der Waals surface area contributed by atoms with Gasteiger partial charge >= 0.3 is 5.97 Å². The molecular weight excluding hydrogens is 270 g/mol. The SMILES string of the molecule is COc1cccc2c1N(C(=O)CC(C)CC(=O)O)CCC2. The minimum atomic E-state index is -0.869. The van der Waals surface area contributed by atoms with E-state index in [1.54, 1.807) is 18.9 Å². The van der Waals surface area contributed by atoms with Crippen molar-refractivity contribution in [1.29, 1.82) is 0 Å². The number of aliphatic carboxylic acids is 1. The molecule has 1 N–H and O–H groups in total. The molecule has 1 amide bonds. The number of anilines is 1. The minimum Gasteiger partial charge on any atom is -0.495 e. The summed E-state index contributed by atoms with van der Waals surface area (Å²) in [5.41, 5.74) is 1.96. The minimum absolute atomic E-state index is 0.0123. The number of rotatable bonds is 5. The first-order valence-corrected chi connectivity index (χ1v) is 7.21. The zero-order valence-electron chi connectivity index (χ0n) is 12.5. The summed E-state index contributed by atoms with van der Waals surface area (Å²) >= 11 is 0. The van der Waals surface area contributed by atoms with Crippen LogP contribution in [0.4, 0.5) is 5.69 Å². The number of amides is 1. The lowest BCUT2D eigenvalue weighted by molar-refractivity contribution is -0.138. The highest BCUT2D eigenvalue weighted by molar-refractivity contribution is 5.96. The normalized spacial score (nSPS) is 15.2. The number of para-hydroxylation sites is 1. The van der Waals surface area contributed by atoms with Gasteiger partial charge in [-0.1, -0.05) is 19.1 Å². The standard InChI is InChI=1S/C16H21NO4/c1-11(10-15(19)20)9-14(18)17-8-4-6-12-5-3-7-13(21-2)16(12)17/h3,5,7,11H,4,6,8-10H2,1-2H3,(H,19,20). The van der Waals surface area contributed by atoms with Crippen LogP contribution in [0.5, 0.6) is 5.75 Å². The highest BCUT2D eigenvalue weighted by Crippen LogP contribution is 2.36. The molecule has 2 rings (SSSR count). The van der Waals surface area contributed by atoms with Gasteiger partial charge < -0.3 is 14.7 Å². The number of nitrogens with zero attached hydrogens (tertiary/aromatic N) is 1. The van der Waals surface area contributed by atoms with Crippen molar-refractivity contribution in [3.8, 4) is 5.75 Å². The lowest BCUT2D eigenvalue weighted by Crippen LogP contribution is -2.36. The van der Waals surface area contributed by atoms with Crippen LogP contribution in [0.2, 0.25) is 0 Å². The van der Waals surface area contributed by atoms with Crippen molar-refractivity contribution in [3.63, 3.8) is 0 Å². The van der Waals surface area contributed by atoms with Gasteiger partial charge in [-0.05, 0) is 30.4 Å². The summed E-state index contributed by atoms with van der Waals surface area (Å²) < 4.78 is 5.37. The van der Waals surface area contributed by atoms with Gasteiger partial charge in [0.2, 0.25) is 5.91 Å². The molecule has 21 heavy (non-hydrogen) atoms. The number of methoxy groups -OCH3 is 1. The Balaban J connectivity index is 2.19. The van der Waals surface area contributed by atoms with E-state index >= 15 is 0 Å². The molecular formula is C16H21NO4. The van der Waals surface area contributed by atoms with E-state index in [9.17, 15) is 9.59 Å². The Bertz CT molecular complexity index is 527. The quantitative estimate of drug-likeness (QED) is 0.905. The van der Waals surface area contributed by atoms with E-state index in [2.05, 4.69) is 0 Å². The molecule has 0 aromatic heterocycles. The molecule has 1 heterocycles. The maximum Gasteiger partial charge on any atom is 0.303 e. The first-order chi connectivity index (χ1) is 10.0. The molecule has 114 valence electrons. The molecule has 1 aromatic rings. The van der Waals surface area contributed by atoms with Gasteiger partial charge in [0.1, 0.15) is 5.75 Å². The largest absolute Gasteiger partial charge is 0.495 e. The Morgan fingerprint density at radius 3 is 2.81 bits per heavy atom. The third kappa shape index (κ3) is 3.54. The number of carbonyl (C=O) groups is 2. The molecule has 5 nitrogen and oxygen atoms in total. The molecule has 1 aliphatic rings. The Morgan fingerprint density at radius 2 is 2.14 bits per heavy atom. The maximum atomic E-state index is 12.5. The number of ether oxygens (including phenoxy) is 1. The van der Waals surface area contributed by atoms with Gasteiger partial charge in [-0.2, -0.15) is 0 Å². The lowest BCUT2D eigenvalue weighted by Gasteiger charge is -2.31.